The maximum atomic E-state index is 12.7. The van der Waals surface area contributed by atoms with E-state index in [0.29, 0.717) is 19.4 Å². The number of aryl methyl sites for hydroxylation is 1. The number of hydrogen-bond acceptors (Lipinski definition) is 3. The van der Waals surface area contributed by atoms with Gasteiger partial charge in [-0.25, -0.2) is 0 Å². The van der Waals surface area contributed by atoms with Gasteiger partial charge in [-0.05, 0) is 37.3 Å². The normalized spacial score (nSPS) is 20.8. The number of carbonyl (C=O) groups excluding carboxylic acids is 1. The zero-order valence-corrected chi connectivity index (χ0v) is 10.7. The van der Waals surface area contributed by atoms with Crippen molar-refractivity contribution in [2.24, 2.45) is 16.3 Å². The van der Waals surface area contributed by atoms with Crippen LogP contribution in [0.4, 0.5) is 5.69 Å². The van der Waals surface area contributed by atoms with E-state index in [1.54, 1.807) is 4.90 Å². The summed E-state index contributed by atoms with van der Waals surface area (Å²) in [6.45, 7) is 0.705. The van der Waals surface area contributed by atoms with Crippen molar-refractivity contribution in [1.82, 2.24) is 0 Å². The second-order valence-corrected chi connectivity index (χ2v) is 5.26. The third-order valence-corrected chi connectivity index (χ3v) is 4.11. The average molecular weight is 259 g/mol. The van der Waals surface area contributed by atoms with E-state index in [2.05, 4.69) is 11.2 Å². The molecule has 0 unspecified atom stereocenters. The van der Waals surface area contributed by atoms with Crippen LogP contribution in [0.1, 0.15) is 24.8 Å². The van der Waals surface area contributed by atoms with Crippen LogP contribution < -0.4 is 10.6 Å². The molecule has 3 N–H and O–H groups in total. The van der Waals surface area contributed by atoms with E-state index in [4.69, 9.17) is 10.9 Å². The fraction of sp³-hybridized carbons (Fsp3) is 0.429. The molecule has 0 aromatic heterocycles. The molecule has 1 aliphatic heterocycles. The molecule has 0 atom stereocenters. The van der Waals surface area contributed by atoms with Gasteiger partial charge in [-0.15, -0.1) is 0 Å². The molecule has 5 nitrogen and oxygen atoms in total. The van der Waals surface area contributed by atoms with Gasteiger partial charge in [0, 0.05) is 12.2 Å². The summed E-state index contributed by atoms with van der Waals surface area (Å²) in [5.74, 6) is 0.00973. The summed E-state index contributed by atoms with van der Waals surface area (Å²) in [4.78, 5) is 14.5. The van der Waals surface area contributed by atoms with Gasteiger partial charge in [0.15, 0.2) is 5.84 Å². The Bertz CT molecular complexity index is 549. The van der Waals surface area contributed by atoms with Crippen LogP contribution >= 0.6 is 0 Å². The van der Waals surface area contributed by atoms with Gasteiger partial charge in [0.1, 0.15) is 5.41 Å². The molecule has 0 bridgehead atoms. The molecule has 19 heavy (non-hydrogen) atoms. The molecule has 3 rings (SSSR count). The smallest absolute Gasteiger partial charge is 0.240 e. The van der Waals surface area contributed by atoms with Crippen molar-refractivity contribution >= 4 is 17.4 Å². The van der Waals surface area contributed by atoms with Crippen LogP contribution in [-0.2, 0) is 11.2 Å². The number of rotatable bonds is 2. The van der Waals surface area contributed by atoms with E-state index in [0.717, 1.165) is 18.5 Å². The zero-order valence-electron chi connectivity index (χ0n) is 10.7. The molecule has 1 heterocycles. The van der Waals surface area contributed by atoms with Crippen molar-refractivity contribution in [1.29, 1.82) is 0 Å². The van der Waals surface area contributed by atoms with Gasteiger partial charge in [0.2, 0.25) is 5.91 Å². The second kappa shape index (κ2) is 4.26. The van der Waals surface area contributed by atoms with E-state index in [-0.39, 0.29) is 11.7 Å². The van der Waals surface area contributed by atoms with E-state index < -0.39 is 5.41 Å². The van der Waals surface area contributed by atoms with E-state index in [9.17, 15) is 4.79 Å². The maximum Gasteiger partial charge on any atom is 0.240 e. The van der Waals surface area contributed by atoms with Crippen LogP contribution in [0.25, 0.3) is 0 Å². The van der Waals surface area contributed by atoms with Gasteiger partial charge in [-0.2, -0.15) is 0 Å². The van der Waals surface area contributed by atoms with Gasteiger partial charge in [0.25, 0.3) is 0 Å². The Morgan fingerprint density at radius 2 is 2.11 bits per heavy atom. The Balaban J connectivity index is 1.94. The lowest BCUT2D eigenvalue weighted by atomic mass is 9.97. The van der Waals surface area contributed by atoms with Crippen LogP contribution in [0.5, 0.6) is 0 Å². The average Bonchev–Trinajstić information content (AvgIpc) is 3.26. The fourth-order valence-electron chi connectivity index (χ4n) is 2.80. The van der Waals surface area contributed by atoms with Crippen LogP contribution in [0.2, 0.25) is 0 Å². The highest BCUT2D eigenvalue weighted by Gasteiger charge is 2.56. The van der Waals surface area contributed by atoms with Crippen molar-refractivity contribution in [2.75, 3.05) is 11.4 Å². The summed E-state index contributed by atoms with van der Waals surface area (Å²) < 4.78 is 0. The summed E-state index contributed by atoms with van der Waals surface area (Å²) in [7, 11) is 0. The number of nitrogens with two attached hydrogens (primary N) is 1. The molecule has 2 aliphatic rings. The van der Waals surface area contributed by atoms with E-state index in [1.165, 1.54) is 5.56 Å². The summed E-state index contributed by atoms with van der Waals surface area (Å²) >= 11 is 0. The molecule has 0 spiro atoms. The number of anilines is 1. The van der Waals surface area contributed by atoms with Crippen molar-refractivity contribution in [3.63, 3.8) is 0 Å². The molecule has 1 aliphatic carbocycles. The third kappa shape index (κ3) is 1.77. The van der Waals surface area contributed by atoms with Crippen LogP contribution in [-0.4, -0.2) is 23.5 Å². The highest BCUT2D eigenvalue weighted by atomic mass is 16.4. The first kappa shape index (κ1) is 12.0. The first-order chi connectivity index (χ1) is 9.19. The third-order valence-electron chi connectivity index (χ3n) is 4.11. The minimum Gasteiger partial charge on any atom is -0.409 e. The van der Waals surface area contributed by atoms with Crippen molar-refractivity contribution in [3.05, 3.63) is 29.8 Å². The van der Waals surface area contributed by atoms with Gasteiger partial charge in [-0.3, -0.25) is 4.79 Å². The molecule has 1 amide bonds. The quantitative estimate of drug-likeness (QED) is 0.365. The minimum atomic E-state index is -0.765. The number of benzene rings is 1. The molecule has 100 valence electrons. The second-order valence-electron chi connectivity index (χ2n) is 5.26. The summed E-state index contributed by atoms with van der Waals surface area (Å²) in [6.07, 6.45) is 3.28. The molecule has 1 aromatic rings. The lowest BCUT2D eigenvalue weighted by molar-refractivity contribution is -0.121. The van der Waals surface area contributed by atoms with E-state index >= 15 is 0 Å². The van der Waals surface area contributed by atoms with Crippen LogP contribution in [0.3, 0.4) is 0 Å². The Hall–Kier alpha value is -2.04. The molecule has 0 radical (unpaired) electrons. The summed E-state index contributed by atoms with van der Waals surface area (Å²) in [6, 6.07) is 7.95. The number of nitrogens with zero attached hydrogens (tertiary/aromatic N) is 2. The van der Waals surface area contributed by atoms with Crippen LogP contribution in [0, 0.1) is 5.41 Å². The monoisotopic (exact) mass is 259 g/mol. The van der Waals surface area contributed by atoms with E-state index in [1.807, 2.05) is 18.2 Å². The van der Waals surface area contributed by atoms with Gasteiger partial charge < -0.3 is 15.8 Å². The molecular formula is C14H17N3O2. The van der Waals surface area contributed by atoms with Gasteiger partial charge >= 0.3 is 0 Å². The summed E-state index contributed by atoms with van der Waals surface area (Å²) in [5.41, 5.74) is 7.09. The minimum absolute atomic E-state index is 0.0325. The standard InChI is InChI=1S/C14H17N3O2/c15-12(16-19)14(7-8-14)13(18)17-9-3-5-10-4-1-2-6-11(10)17/h1-2,4,6,19H,3,5,7-9H2,(H2,15,16). The Labute approximate surface area is 111 Å². The Morgan fingerprint density at radius 1 is 1.37 bits per heavy atom. The molecule has 0 saturated heterocycles. The molecule has 1 saturated carbocycles. The number of oxime groups is 1. The zero-order chi connectivity index (χ0) is 13.5. The largest absolute Gasteiger partial charge is 0.409 e. The van der Waals surface area contributed by atoms with Gasteiger partial charge in [0.05, 0.1) is 0 Å². The lowest BCUT2D eigenvalue weighted by Gasteiger charge is -2.32. The number of hydrogen-bond donors (Lipinski definition) is 2. The lowest BCUT2D eigenvalue weighted by Crippen LogP contribution is -2.45. The molecule has 1 fully saturated rings. The number of amidine groups is 1. The van der Waals surface area contributed by atoms with Crippen LogP contribution in [0.15, 0.2) is 29.4 Å². The van der Waals surface area contributed by atoms with Crippen molar-refractivity contribution in [2.45, 2.75) is 25.7 Å². The Kier molecular flexibility index (Phi) is 2.69. The number of carbonyl (C=O) groups is 1. The molecule has 1 aromatic carbocycles. The SMILES string of the molecule is N/C(=N/O)C1(C(=O)N2CCCc3ccccc32)CC1. The van der Waals surface area contributed by atoms with Crippen molar-refractivity contribution in [3.8, 4) is 0 Å². The first-order valence-electron chi connectivity index (χ1n) is 6.57. The fourth-order valence-corrected chi connectivity index (χ4v) is 2.80. The first-order valence-corrected chi connectivity index (χ1v) is 6.57. The Morgan fingerprint density at radius 3 is 2.79 bits per heavy atom. The maximum absolute atomic E-state index is 12.7. The topological polar surface area (TPSA) is 78.9 Å². The highest BCUT2D eigenvalue weighted by molar-refractivity contribution is 6.15. The van der Waals surface area contributed by atoms with Gasteiger partial charge in [-0.1, -0.05) is 23.4 Å². The predicted octanol–water partition coefficient (Wildman–Crippen LogP) is 1.49. The number of fused-ring (bicyclic) bond motifs is 1. The highest BCUT2D eigenvalue weighted by Crippen LogP contribution is 2.48. The summed E-state index contributed by atoms with van der Waals surface area (Å²) in [5, 5.41) is 11.9. The number of amides is 1. The number of para-hydroxylation sites is 1. The molecular weight excluding hydrogens is 242 g/mol. The molecule has 5 heteroatoms. The predicted molar refractivity (Wildman–Crippen MR) is 72.2 cm³/mol. The van der Waals surface area contributed by atoms with Crippen molar-refractivity contribution < 1.29 is 10.0 Å².